The number of hydrogen-bond acceptors (Lipinski definition) is 3. The molecule has 2 heterocycles. The number of likely N-dealkylation sites (N-methyl/N-ethyl adjacent to an activating group) is 1. The zero-order valence-electron chi connectivity index (χ0n) is 19.6. The number of aryl methyl sites for hydroxylation is 2. The molecule has 5 nitrogen and oxygen atoms in total. The molecule has 0 aliphatic carbocycles. The van der Waals surface area contributed by atoms with Crippen LogP contribution in [-0.2, 0) is 24.2 Å². The molecule has 0 radical (unpaired) electrons. The van der Waals surface area contributed by atoms with Crippen molar-refractivity contribution in [1.29, 1.82) is 0 Å². The normalized spacial score (nSPS) is 16.8. The van der Waals surface area contributed by atoms with Gasteiger partial charge >= 0.3 is 0 Å². The first-order valence-electron chi connectivity index (χ1n) is 11.6. The highest BCUT2D eigenvalue weighted by Gasteiger charge is 2.39. The number of amides is 1. The van der Waals surface area contributed by atoms with E-state index in [2.05, 4.69) is 19.8 Å². The monoisotopic (exact) mass is 486 g/mol. The molecule has 0 fully saturated rings. The number of halogens is 3. The van der Waals surface area contributed by atoms with Gasteiger partial charge in [-0.05, 0) is 37.0 Å². The molecule has 1 aliphatic rings. The first kappa shape index (κ1) is 24.4. The Labute approximate surface area is 203 Å². The summed E-state index contributed by atoms with van der Waals surface area (Å²) >= 11 is 6.64. The molecule has 1 amide bonds. The van der Waals surface area contributed by atoms with E-state index in [0.29, 0.717) is 36.6 Å². The molecule has 0 saturated heterocycles. The fraction of sp³-hybridized carbons (Fsp3) is 0.385. The molecule has 2 aromatic carbocycles. The number of aromatic nitrogens is 2. The molecule has 1 aliphatic heterocycles. The van der Waals surface area contributed by atoms with E-state index >= 15 is 0 Å². The number of carbonyl (C=O) groups excluding carboxylic acids is 1. The lowest BCUT2D eigenvalue weighted by Crippen LogP contribution is -2.46. The third-order valence-corrected chi connectivity index (χ3v) is 6.96. The maximum absolute atomic E-state index is 14.8. The summed E-state index contributed by atoms with van der Waals surface area (Å²) in [5, 5.41) is 3.20. The second-order valence-corrected chi connectivity index (χ2v) is 8.93. The second kappa shape index (κ2) is 10.2. The van der Waals surface area contributed by atoms with Gasteiger partial charge in [0, 0.05) is 32.1 Å². The Balaban J connectivity index is 1.76. The number of imidazole rings is 1. The third kappa shape index (κ3) is 4.46. The molecule has 180 valence electrons. The minimum atomic E-state index is -0.557. The highest BCUT2D eigenvalue weighted by molar-refractivity contribution is 6.30. The van der Waals surface area contributed by atoms with Gasteiger partial charge in [0.1, 0.15) is 23.5 Å². The van der Waals surface area contributed by atoms with Crippen LogP contribution in [0.25, 0.3) is 0 Å². The Morgan fingerprint density at radius 3 is 2.62 bits per heavy atom. The largest absolute Gasteiger partial charge is 0.358 e. The lowest BCUT2D eigenvalue weighted by atomic mass is 9.94. The van der Waals surface area contributed by atoms with E-state index in [1.165, 1.54) is 19.1 Å². The molecule has 1 N–H and O–H groups in total. The van der Waals surface area contributed by atoms with Crippen LogP contribution in [-0.4, -0.2) is 34.0 Å². The topological polar surface area (TPSA) is 50.2 Å². The van der Waals surface area contributed by atoms with Crippen molar-refractivity contribution >= 4 is 17.5 Å². The standard InChI is InChI=1S/C26H29ClF2N4O/c1-4-21-31-25(27)24-20(13-11-17-10-12-19(28)16(2)22(17)29)32(14-15-33(21)24)23(26(34)30-3)18-8-6-5-7-9-18/h5-10,12,20,23H,4,11,13-15H2,1-3H3,(H,30,34)/t20-,23+/m0/s1. The van der Waals surface area contributed by atoms with Crippen LogP contribution in [0.2, 0.25) is 5.15 Å². The fourth-order valence-corrected chi connectivity index (χ4v) is 5.25. The maximum Gasteiger partial charge on any atom is 0.241 e. The quantitative estimate of drug-likeness (QED) is 0.501. The number of carbonyl (C=O) groups is 1. The Hall–Kier alpha value is -2.77. The number of hydrogen-bond donors (Lipinski definition) is 1. The molecule has 4 rings (SSSR count). The number of benzene rings is 2. The Morgan fingerprint density at radius 2 is 1.94 bits per heavy atom. The van der Waals surface area contributed by atoms with Gasteiger partial charge in [-0.2, -0.15) is 0 Å². The number of rotatable bonds is 7. The van der Waals surface area contributed by atoms with Crippen molar-refractivity contribution < 1.29 is 13.6 Å². The van der Waals surface area contributed by atoms with Crippen LogP contribution >= 0.6 is 11.6 Å². The molecule has 0 spiro atoms. The van der Waals surface area contributed by atoms with E-state index in [1.54, 1.807) is 7.05 Å². The average molecular weight is 487 g/mol. The summed E-state index contributed by atoms with van der Waals surface area (Å²) in [6.45, 7) is 4.73. The van der Waals surface area contributed by atoms with Crippen molar-refractivity contribution in [2.24, 2.45) is 0 Å². The fourth-order valence-electron chi connectivity index (χ4n) is 4.93. The lowest BCUT2D eigenvalue weighted by Gasteiger charge is -2.41. The molecule has 3 aromatic rings. The van der Waals surface area contributed by atoms with Crippen LogP contribution in [0.5, 0.6) is 0 Å². The van der Waals surface area contributed by atoms with E-state index < -0.39 is 17.7 Å². The summed E-state index contributed by atoms with van der Waals surface area (Å²) in [4.78, 5) is 19.8. The highest BCUT2D eigenvalue weighted by atomic mass is 35.5. The van der Waals surface area contributed by atoms with Gasteiger partial charge in [0.15, 0.2) is 5.15 Å². The first-order valence-corrected chi connectivity index (χ1v) is 12.0. The minimum absolute atomic E-state index is 0.0156. The second-order valence-electron chi connectivity index (χ2n) is 8.57. The van der Waals surface area contributed by atoms with Gasteiger partial charge in [-0.15, -0.1) is 0 Å². The number of nitrogens with one attached hydrogen (secondary N) is 1. The third-order valence-electron chi connectivity index (χ3n) is 6.68. The van der Waals surface area contributed by atoms with Crippen LogP contribution in [0.4, 0.5) is 8.78 Å². The van der Waals surface area contributed by atoms with E-state index in [0.717, 1.165) is 23.5 Å². The molecule has 34 heavy (non-hydrogen) atoms. The van der Waals surface area contributed by atoms with Crippen LogP contribution < -0.4 is 5.32 Å². The molecule has 1 aromatic heterocycles. The molecule has 8 heteroatoms. The van der Waals surface area contributed by atoms with Gasteiger partial charge in [-0.1, -0.05) is 54.9 Å². The average Bonchev–Trinajstić information content (AvgIpc) is 3.19. The molecular formula is C26H29ClF2N4O. The molecule has 0 unspecified atom stereocenters. The molecular weight excluding hydrogens is 458 g/mol. The SMILES string of the molecule is CCc1nc(Cl)c2n1CCN([C@@H](C(=O)NC)c1ccccc1)[C@H]2CCc1ccc(F)c(C)c1F. The van der Waals surface area contributed by atoms with Crippen molar-refractivity contribution in [3.63, 3.8) is 0 Å². The molecule has 0 saturated carbocycles. The Morgan fingerprint density at radius 1 is 1.21 bits per heavy atom. The van der Waals surface area contributed by atoms with Crippen LogP contribution in [0.3, 0.4) is 0 Å². The van der Waals surface area contributed by atoms with E-state index in [1.807, 2.05) is 37.3 Å². The van der Waals surface area contributed by atoms with Crippen molar-refractivity contribution in [3.8, 4) is 0 Å². The highest BCUT2D eigenvalue weighted by Crippen LogP contribution is 2.40. The Bertz CT molecular complexity index is 1180. The van der Waals surface area contributed by atoms with Crippen molar-refractivity contribution in [1.82, 2.24) is 19.8 Å². The van der Waals surface area contributed by atoms with Gasteiger partial charge in [0.25, 0.3) is 0 Å². The summed E-state index contributed by atoms with van der Waals surface area (Å²) in [5.74, 6) is -0.315. The van der Waals surface area contributed by atoms with Gasteiger partial charge in [0.2, 0.25) is 5.91 Å². The van der Waals surface area contributed by atoms with Crippen LogP contribution in [0.1, 0.15) is 53.6 Å². The first-order chi connectivity index (χ1) is 16.4. The Kier molecular flexibility index (Phi) is 7.33. The minimum Gasteiger partial charge on any atom is -0.358 e. The van der Waals surface area contributed by atoms with E-state index in [4.69, 9.17) is 11.6 Å². The number of nitrogens with zero attached hydrogens (tertiary/aromatic N) is 3. The lowest BCUT2D eigenvalue weighted by molar-refractivity contribution is -0.128. The summed E-state index contributed by atoms with van der Waals surface area (Å²) in [6, 6.07) is 11.6. The van der Waals surface area contributed by atoms with Crippen molar-refractivity contribution in [2.45, 2.75) is 51.7 Å². The zero-order valence-corrected chi connectivity index (χ0v) is 20.4. The summed E-state index contributed by atoms with van der Waals surface area (Å²) in [5.41, 5.74) is 2.17. The molecule has 0 bridgehead atoms. The van der Waals surface area contributed by atoms with Crippen LogP contribution in [0.15, 0.2) is 42.5 Å². The molecule has 2 atom stereocenters. The predicted octanol–water partition coefficient (Wildman–Crippen LogP) is 5.16. The van der Waals surface area contributed by atoms with E-state index in [9.17, 15) is 13.6 Å². The predicted molar refractivity (Wildman–Crippen MR) is 129 cm³/mol. The van der Waals surface area contributed by atoms with Crippen molar-refractivity contribution in [3.05, 3.63) is 87.5 Å². The smallest absolute Gasteiger partial charge is 0.241 e. The van der Waals surface area contributed by atoms with Gasteiger partial charge in [-0.3, -0.25) is 9.69 Å². The summed E-state index contributed by atoms with van der Waals surface area (Å²) in [6.07, 6.45) is 1.60. The number of fused-ring (bicyclic) bond motifs is 1. The van der Waals surface area contributed by atoms with Gasteiger partial charge < -0.3 is 9.88 Å². The van der Waals surface area contributed by atoms with E-state index in [-0.39, 0.29) is 17.5 Å². The summed E-state index contributed by atoms with van der Waals surface area (Å²) in [7, 11) is 1.63. The zero-order chi connectivity index (χ0) is 24.4. The van der Waals surface area contributed by atoms with Crippen LogP contribution in [0, 0.1) is 18.6 Å². The summed E-state index contributed by atoms with van der Waals surface area (Å²) < 4.78 is 30.7. The van der Waals surface area contributed by atoms with Gasteiger partial charge in [-0.25, -0.2) is 13.8 Å². The van der Waals surface area contributed by atoms with Crippen molar-refractivity contribution in [2.75, 3.05) is 13.6 Å². The maximum atomic E-state index is 14.8. The van der Waals surface area contributed by atoms with Gasteiger partial charge in [0.05, 0.1) is 11.7 Å².